The van der Waals surface area contributed by atoms with Crippen LogP contribution in [0.15, 0.2) is 47.1 Å². The molecule has 0 saturated carbocycles. The first kappa shape index (κ1) is 22.9. The van der Waals surface area contributed by atoms with Gasteiger partial charge < -0.3 is 5.32 Å². The predicted octanol–water partition coefficient (Wildman–Crippen LogP) is 5.26. The number of alkyl halides is 4. The molecule has 4 aromatic rings. The smallest absolute Gasteiger partial charge is 0.280 e. The minimum atomic E-state index is -3.04. The van der Waals surface area contributed by atoms with Gasteiger partial charge in [0, 0.05) is 22.3 Å². The van der Waals surface area contributed by atoms with Gasteiger partial charge in [0.25, 0.3) is 12.9 Å². The third-order valence-electron chi connectivity index (χ3n) is 4.85. The quantitative estimate of drug-likeness (QED) is 0.334. The average molecular weight is 525 g/mol. The van der Waals surface area contributed by atoms with Gasteiger partial charge in [-0.15, -0.1) is 0 Å². The van der Waals surface area contributed by atoms with Gasteiger partial charge in [-0.1, -0.05) is 28.1 Å². The molecule has 0 fully saturated rings. The lowest BCUT2D eigenvalue weighted by atomic mass is 10.1. The molecule has 33 heavy (non-hydrogen) atoms. The zero-order valence-corrected chi connectivity index (χ0v) is 18.7. The van der Waals surface area contributed by atoms with Gasteiger partial charge in [0.2, 0.25) is 5.91 Å². The van der Waals surface area contributed by atoms with E-state index in [4.69, 9.17) is 0 Å². The summed E-state index contributed by atoms with van der Waals surface area (Å²) < 4.78 is 56.9. The number of halogens is 5. The van der Waals surface area contributed by atoms with Gasteiger partial charge in [0.05, 0.1) is 17.6 Å². The maximum absolute atomic E-state index is 13.5. The maximum Gasteiger partial charge on any atom is 0.280 e. The van der Waals surface area contributed by atoms with Crippen LogP contribution in [-0.2, 0) is 17.9 Å². The van der Waals surface area contributed by atoms with Crippen molar-refractivity contribution < 1.29 is 22.4 Å². The van der Waals surface area contributed by atoms with Crippen molar-refractivity contribution in [2.45, 2.75) is 32.9 Å². The first-order valence-corrected chi connectivity index (χ1v) is 10.5. The van der Waals surface area contributed by atoms with Crippen LogP contribution in [0.5, 0.6) is 0 Å². The zero-order chi connectivity index (χ0) is 23.7. The fourth-order valence-corrected chi connectivity index (χ4v) is 3.68. The number of fused-ring (bicyclic) bond motifs is 1. The molecule has 1 amide bonds. The van der Waals surface area contributed by atoms with E-state index in [1.54, 1.807) is 16.9 Å². The molecule has 0 aliphatic heterocycles. The lowest BCUT2D eigenvalue weighted by Crippen LogP contribution is -2.20. The fourth-order valence-electron chi connectivity index (χ4n) is 3.41. The van der Waals surface area contributed by atoms with E-state index < -0.39 is 36.6 Å². The Morgan fingerprint density at radius 3 is 2.48 bits per heavy atom. The topological polar surface area (TPSA) is 77.6 Å². The van der Waals surface area contributed by atoms with Crippen LogP contribution in [-0.4, -0.2) is 30.5 Å². The molecule has 4 rings (SSSR count). The molecule has 0 unspecified atom stereocenters. The van der Waals surface area contributed by atoms with Gasteiger partial charge in [-0.05, 0) is 30.7 Å². The molecule has 0 radical (unpaired) electrons. The van der Waals surface area contributed by atoms with Crippen molar-refractivity contribution in [2.75, 3.05) is 5.32 Å². The van der Waals surface area contributed by atoms with Crippen molar-refractivity contribution in [1.82, 2.24) is 24.5 Å². The van der Waals surface area contributed by atoms with E-state index in [-0.39, 0.29) is 22.5 Å². The predicted molar refractivity (Wildman–Crippen MR) is 116 cm³/mol. The number of anilines is 1. The monoisotopic (exact) mass is 524 g/mol. The lowest BCUT2D eigenvalue weighted by Gasteiger charge is -2.08. The summed E-state index contributed by atoms with van der Waals surface area (Å²) in [6, 6.07) is 9.96. The van der Waals surface area contributed by atoms with Crippen molar-refractivity contribution in [2.24, 2.45) is 0 Å². The zero-order valence-electron chi connectivity index (χ0n) is 17.1. The number of aromatic nitrogens is 5. The molecule has 12 heteroatoms. The number of carbonyl (C=O) groups is 1. The van der Waals surface area contributed by atoms with E-state index in [1.807, 2.05) is 24.3 Å². The number of amides is 1. The summed E-state index contributed by atoms with van der Waals surface area (Å²) >= 11 is 3.37. The Balaban J connectivity index is 1.52. The van der Waals surface area contributed by atoms with Crippen molar-refractivity contribution in [3.05, 3.63) is 69.6 Å². The second-order valence-corrected chi connectivity index (χ2v) is 8.17. The van der Waals surface area contributed by atoms with Crippen molar-refractivity contribution in [3.8, 4) is 0 Å². The highest BCUT2D eigenvalue weighted by Gasteiger charge is 2.24. The van der Waals surface area contributed by atoms with E-state index in [1.165, 1.54) is 6.92 Å². The van der Waals surface area contributed by atoms with Gasteiger partial charge in [-0.3, -0.25) is 9.48 Å². The number of pyridine rings is 1. The van der Waals surface area contributed by atoms with E-state index in [0.29, 0.717) is 12.6 Å². The summed E-state index contributed by atoms with van der Waals surface area (Å²) in [7, 11) is 0. The van der Waals surface area contributed by atoms with E-state index in [2.05, 4.69) is 36.4 Å². The molecule has 3 aromatic heterocycles. The average Bonchev–Trinajstić information content (AvgIpc) is 3.32. The standard InChI is InChI=1S/C21H17BrF4N6O/c1-11-18-14(19(23)24)8-15(20(25)26)27-21(18)32(29-11)10-17(33)28-16-6-7-31(30-16)9-12-2-4-13(22)5-3-12/h2-8,19-20H,9-10H2,1H3,(H,28,30,33). The highest BCUT2D eigenvalue weighted by Crippen LogP contribution is 2.32. The number of rotatable bonds is 7. The SMILES string of the molecule is Cc1nn(CC(=O)Nc2ccn(Cc3ccc(Br)cc3)n2)c2nc(C(F)F)cc(C(F)F)c12. The molecule has 0 bridgehead atoms. The fraction of sp³-hybridized carbons (Fsp3) is 0.238. The van der Waals surface area contributed by atoms with E-state index in [9.17, 15) is 22.4 Å². The molecule has 0 aliphatic rings. The molecule has 3 heterocycles. The van der Waals surface area contributed by atoms with Gasteiger partial charge >= 0.3 is 0 Å². The Labute approximate surface area is 193 Å². The van der Waals surface area contributed by atoms with Crippen LogP contribution in [0.3, 0.4) is 0 Å². The highest BCUT2D eigenvalue weighted by atomic mass is 79.9. The first-order chi connectivity index (χ1) is 15.7. The van der Waals surface area contributed by atoms with Crippen LogP contribution in [0.4, 0.5) is 23.4 Å². The second-order valence-electron chi connectivity index (χ2n) is 7.25. The summed E-state index contributed by atoms with van der Waals surface area (Å²) in [5, 5.41) is 10.9. The summed E-state index contributed by atoms with van der Waals surface area (Å²) in [5.41, 5.74) is -0.415. The molecule has 7 nitrogen and oxygen atoms in total. The van der Waals surface area contributed by atoms with Crippen LogP contribution in [0.25, 0.3) is 11.0 Å². The molecule has 172 valence electrons. The van der Waals surface area contributed by atoms with Gasteiger partial charge in [0.15, 0.2) is 11.5 Å². The number of hydrogen-bond donors (Lipinski definition) is 1. The number of carbonyl (C=O) groups excluding carboxylic acids is 1. The third kappa shape index (κ3) is 5.05. The number of nitrogens with one attached hydrogen (secondary N) is 1. The number of nitrogens with zero attached hydrogens (tertiary/aromatic N) is 5. The Hall–Kier alpha value is -3.28. The minimum absolute atomic E-state index is 0.0408. The molecular weight excluding hydrogens is 508 g/mol. The maximum atomic E-state index is 13.5. The number of aryl methyl sites for hydroxylation is 1. The third-order valence-corrected chi connectivity index (χ3v) is 5.37. The number of benzene rings is 1. The van der Waals surface area contributed by atoms with Crippen LogP contribution in [0, 0.1) is 6.92 Å². The van der Waals surface area contributed by atoms with Crippen LogP contribution >= 0.6 is 15.9 Å². The summed E-state index contributed by atoms with van der Waals surface area (Å²) in [5.74, 6) is -0.282. The Morgan fingerprint density at radius 1 is 1.09 bits per heavy atom. The lowest BCUT2D eigenvalue weighted by molar-refractivity contribution is -0.116. The molecular formula is C21H17BrF4N6O. The van der Waals surface area contributed by atoms with Crippen LogP contribution in [0.1, 0.15) is 35.4 Å². The molecule has 1 aromatic carbocycles. The van der Waals surface area contributed by atoms with Crippen molar-refractivity contribution in [1.29, 1.82) is 0 Å². The molecule has 0 aliphatic carbocycles. The van der Waals surface area contributed by atoms with Gasteiger partial charge in [-0.2, -0.15) is 10.2 Å². The molecule has 0 spiro atoms. The second kappa shape index (κ2) is 9.30. The molecule has 0 saturated heterocycles. The van der Waals surface area contributed by atoms with Crippen molar-refractivity contribution in [3.63, 3.8) is 0 Å². The van der Waals surface area contributed by atoms with Crippen LogP contribution in [0.2, 0.25) is 0 Å². The summed E-state index contributed by atoms with van der Waals surface area (Å²) in [4.78, 5) is 16.3. The largest absolute Gasteiger partial charge is 0.308 e. The van der Waals surface area contributed by atoms with Crippen molar-refractivity contribution >= 4 is 38.7 Å². The first-order valence-electron chi connectivity index (χ1n) is 9.73. The Bertz CT molecular complexity index is 1300. The highest BCUT2D eigenvalue weighted by molar-refractivity contribution is 9.10. The Morgan fingerprint density at radius 2 is 1.82 bits per heavy atom. The normalized spacial score (nSPS) is 11.6. The molecule has 1 N–H and O–H groups in total. The molecule has 0 atom stereocenters. The minimum Gasteiger partial charge on any atom is -0.308 e. The number of hydrogen-bond acceptors (Lipinski definition) is 4. The summed E-state index contributed by atoms with van der Waals surface area (Å²) in [6.07, 6.45) is -4.34. The summed E-state index contributed by atoms with van der Waals surface area (Å²) in [6.45, 7) is 1.53. The Kier molecular flexibility index (Phi) is 6.45. The van der Waals surface area contributed by atoms with Gasteiger partial charge in [0.1, 0.15) is 12.2 Å². The van der Waals surface area contributed by atoms with Crippen LogP contribution < -0.4 is 5.32 Å². The van der Waals surface area contributed by atoms with Gasteiger partial charge in [-0.25, -0.2) is 27.2 Å². The van der Waals surface area contributed by atoms with E-state index in [0.717, 1.165) is 14.7 Å². The van der Waals surface area contributed by atoms with E-state index >= 15 is 0 Å².